The van der Waals surface area contributed by atoms with Crippen LogP contribution in [0.1, 0.15) is 27.2 Å². The number of ether oxygens (including phenoxy) is 2. The maximum Gasteiger partial charge on any atom is 0.152 e. The number of anilines is 1. The predicted octanol–water partition coefficient (Wildman–Crippen LogP) is 2.84. The molecular weight excluding hydrogens is 226 g/mol. The smallest absolute Gasteiger partial charge is 0.152 e. The molecule has 1 fully saturated rings. The molecule has 1 aromatic rings. The molecule has 2 aliphatic rings. The van der Waals surface area contributed by atoms with Gasteiger partial charge >= 0.3 is 0 Å². The lowest BCUT2D eigenvalue weighted by atomic mass is 9.94. The quantitative estimate of drug-likeness (QED) is 0.703. The normalized spacial score (nSPS) is 27.2. The van der Waals surface area contributed by atoms with E-state index in [-0.39, 0.29) is 11.1 Å². The fraction of sp³-hybridized carbons (Fsp3) is 0.600. The van der Waals surface area contributed by atoms with Gasteiger partial charge in [0.05, 0.1) is 25.4 Å². The van der Waals surface area contributed by atoms with Gasteiger partial charge in [0.25, 0.3) is 0 Å². The number of benzene rings is 1. The summed E-state index contributed by atoms with van der Waals surface area (Å²) in [6.07, 6.45) is 0.980. The van der Waals surface area contributed by atoms with Crippen molar-refractivity contribution in [1.82, 2.24) is 0 Å². The van der Waals surface area contributed by atoms with Crippen LogP contribution in [-0.4, -0.2) is 30.9 Å². The van der Waals surface area contributed by atoms with E-state index < -0.39 is 0 Å². The molecule has 18 heavy (non-hydrogen) atoms. The molecule has 3 nitrogen and oxygen atoms in total. The van der Waals surface area contributed by atoms with Crippen molar-refractivity contribution in [3.8, 4) is 5.75 Å². The van der Waals surface area contributed by atoms with Gasteiger partial charge in [-0.15, -0.1) is 0 Å². The summed E-state index contributed by atoms with van der Waals surface area (Å²) < 4.78 is 11.8. The highest BCUT2D eigenvalue weighted by Gasteiger charge is 2.45. The van der Waals surface area contributed by atoms with E-state index in [1.54, 1.807) is 0 Å². The summed E-state index contributed by atoms with van der Waals surface area (Å²) in [5.41, 5.74) is 1.14. The Morgan fingerprint density at radius 2 is 2.00 bits per heavy atom. The summed E-state index contributed by atoms with van der Waals surface area (Å²) in [5, 5.41) is 0. The van der Waals surface area contributed by atoms with Gasteiger partial charge in [0, 0.05) is 12.0 Å². The topological polar surface area (TPSA) is 21.7 Å². The second kappa shape index (κ2) is 3.89. The first-order valence-electron chi connectivity index (χ1n) is 6.64. The SMILES string of the molecule is CC(C)(C)N1CC2(CCOC2)Oc2ccccc21. The van der Waals surface area contributed by atoms with Gasteiger partial charge in [-0.1, -0.05) is 12.1 Å². The maximum absolute atomic E-state index is 6.24. The van der Waals surface area contributed by atoms with E-state index in [0.29, 0.717) is 6.61 Å². The van der Waals surface area contributed by atoms with Gasteiger partial charge in [0.2, 0.25) is 0 Å². The van der Waals surface area contributed by atoms with E-state index in [4.69, 9.17) is 9.47 Å². The third-order valence-corrected chi connectivity index (χ3v) is 3.81. The molecule has 1 unspecified atom stereocenters. The Labute approximate surface area is 109 Å². The van der Waals surface area contributed by atoms with Crippen molar-refractivity contribution >= 4 is 5.69 Å². The lowest BCUT2D eigenvalue weighted by molar-refractivity contribution is 0.0438. The van der Waals surface area contributed by atoms with E-state index in [1.165, 1.54) is 5.69 Å². The standard InChI is InChI=1S/C15H21NO2/c1-14(2,3)16-10-15(8-9-17-11-15)18-13-7-5-4-6-12(13)16/h4-7H,8-11H2,1-3H3. The lowest BCUT2D eigenvalue weighted by Crippen LogP contribution is -2.57. The minimum Gasteiger partial charge on any atom is -0.481 e. The molecule has 0 saturated carbocycles. The van der Waals surface area contributed by atoms with Gasteiger partial charge in [0.15, 0.2) is 5.60 Å². The maximum atomic E-state index is 6.24. The lowest BCUT2D eigenvalue weighted by Gasteiger charge is -2.48. The van der Waals surface area contributed by atoms with E-state index in [0.717, 1.165) is 25.3 Å². The minimum atomic E-state index is -0.151. The molecule has 3 rings (SSSR count). The highest BCUT2D eigenvalue weighted by molar-refractivity contribution is 5.62. The molecular formula is C15H21NO2. The van der Waals surface area contributed by atoms with Crippen molar-refractivity contribution in [3.63, 3.8) is 0 Å². The van der Waals surface area contributed by atoms with Crippen molar-refractivity contribution in [3.05, 3.63) is 24.3 Å². The Morgan fingerprint density at radius 3 is 2.67 bits per heavy atom. The third kappa shape index (κ3) is 1.87. The van der Waals surface area contributed by atoms with E-state index in [2.05, 4.69) is 43.9 Å². The summed E-state index contributed by atoms with van der Waals surface area (Å²) >= 11 is 0. The monoisotopic (exact) mass is 247 g/mol. The summed E-state index contributed by atoms with van der Waals surface area (Å²) in [6, 6.07) is 8.31. The van der Waals surface area contributed by atoms with Gasteiger partial charge in [-0.3, -0.25) is 0 Å². The average molecular weight is 247 g/mol. The highest BCUT2D eigenvalue weighted by Crippen LogP contribution is 2.42. The van der Waals surface area contributed by atoms with Crippen molar-refractivity contribution in [2.45, 2.75) is 38.3 Å². The van der Waals surface area contributed by atoms with Crippen LogP contribution < -0.4 is 9.64 Å². The molecule has 0 N–H and O–H groups in total. The average Bonchev–Trinajstić information content (AvgIpc) is 2.75. The summed E-state index contributed by atoms with van der Waals surface area (Å²) in [5.74, 6) is 0.990. The molecule has 1 aromatic carbocycles. The molecule has 1 saturated heterocycles. The highest BCUT2D eigenvalue weighted by atomic mass is 16.6. The molecule has 0 aromatic heterocycles. The summed E-state index contributed by atoms with van der Waals surface area (Å²) in [7, 11) is 0. The fourth-order valence-electron chi connectivity index (χ4n) is 2.80. The fourth-order valence-corrected chi connectivity index (χ4v) is 2.80. The van der Waals surface area contributed by atoms with E-state index in [1.807, 2.05) is 6.07 Å². The Kier molecular flexibility index (Phi) is 2.56. The number of para-hydroxylation sites is 2. The Hall–Kier alpha value is -1.22. The number of fused-ring (bicyclic) bond motifs is 1. The third-order valence-electron chi connectivity index (χ3n) is 3.81. The Balaban J connectivity index is 2.04. The second-order valence-electron chi connectivity index (χ2n) is 6.31. The van der Waals surface area contributed by atoms with Crippen LogP contribution in [0.3, 0.4) is 0 Å². The van der Waals surface area contributed by atoms with E-state index >= 15 is 0 Å². The number of hydrogen-bond donors (Lipinski definition) is 0. The van der Waals surface area contributed by atoms with Crippen LogP contribution in [0.4, 0.5) is 5.69 Å². The largest absolute Gasteiger partial charge is 0.481 e. The molecule has 0 amide bonds. The molecule has 2 heterocycles. The first kappa shape index (κ1) is 11.8. The summed E-state index contributed by atoms with van der Waals surface area (Å²) in [6.45, 7) is 9.16. The van der Waals surface area contributed by atoms with E-state index in [9.17, 15) is 0 Å². The van der Waals surface area contributed by atoms with Crippen LogP contribution in [0, 0.1) is 0 Å². The number of nitrogens with zero attached hydrogens (tertiary/aromatic N) is 1. The van der Waals surface area contributed by atoms with Crippen LogP contribution in [0.5, 0.6) is 5.75 Å². The molecule has 2 aliphatic heterocycles. The molecule has 3 heteroatoms. The Bertz CT molecular complexity index is 444. The number of hydrogen-bond acceptors (Lipinski definition) is 3. The van der Waals surface area contributed by atoms with Gasteiger partial charge in [-0.25, -0.2) is 0 Å². The molecule has 1 spiro atoms. The van der Waals surface area contributed by atoms with Crippen LogP contribution in [0.2, 0.25) is 0 Å². The van der Waals surface area contributed by atoms with Crippen LogP contribution in [-0.2, 0) is 4.74 Å². The molecule has 0 radical (unpaired) electrons. The van der Waals surface area contributed by atoms with Gasteiger partial charge in [0.1, 0.15) is 5.75 Å². The zero-order valence-electron chi connectivity index (χ0n) is 11.4. The van der Waals surface area contributed by atoms with Gasteiger partial charge in [-0.2, -0.15) is 0 Å². The first-order valence-corrected chi connectivity index (χ1v) is 6.64. The van der Waals surface area contributed by atoms with Gasteiger partial charge < -0.3 is 14.4 Å². The minimum absolute atomic E-state index is 0.0927. The van der Waals surface area contributed by atoms with Crippen LogP contribution in [0.25, 0.3) is 0 Å². The summed E-state index contributed by atoms with van der Waals surface area (Å²) in [4.78, 5) is 2.44. The molecule has 0 bridgehead atoms. The van der Waals surface area contributed by atoms with Crippen molar-refractivity contribution in [2.24, 2.45) is 0 Å². The van der Waals surface area contributed by atoms with Gasteiger partial charge in [-0.05, 0) is 32.9 Å². The van der Waals surface area contributed by atoms with Crippen molar-refractivity contribution in [2.75, 3.05) is 24.7 Å². The zero-order valence-corrected chi connectivity index (χ0v) is 11.4. The molecule has 0 aliphatic carbocycles. The van der Waals surface area contributed by atoms with Crippen LogP contribution in [0.15, 0.2) is 24.3 Å². The number of rotatable bonds is 0. The zero-order chi connectivity index (χ0) is 12.8. The molecule has 1 atom stereocenters. The predicted molar refractivity (Wildman–Crippen MR) is 72.3 cm³/mol. The first-order chi connectivity index (χ1) is 8.50. The van der Waals surface area contributed by atoms with Crippen LogP contribution >= 0.6 is 0 Å². The van der Waals surface area contributed by atoms with Crippen molar-refractivity contribution in [1.29, 1.82) is 0 Å². The second-order valence-corrected chi connectivity index (χ2v) is 6.31. The van der Waals surface area contributed by atoms with Crippen molar-refractivity contribution < 1.29 is 9.47 Å². The Morgan fingerprint density at radius 1 is 1.22 bits per heavy atom. The molecule has 98 valence electrons.